The Labute approximate surface area is 359 Å². The van der Waals surface area contributed by atoms with Crippen LogP contribution < -0.4 is 16.1 Å². The molecule has 0 aliphatic heterocycles. The van der Waals surface area contributed by atoms with Gasteiger partial charge >= 0.3 is 0 Å². The fraction of sp³-hybridized carbons (Fsp3) is 0.256. The van der Waals surface area contributed by atoms with Gasteiger partial charge in [0.15, 0.2) is 25.3 Å². The third-order valence-electron chi connectivity index (χ3n) is 10.1. The Morgan fingerprint density at radius 2 is 1.37 bits per heavy atom. The van der Waals surface area contributed by atoms with Crippen molar-refractivity contribution in [3.05, 3.63) is 128 Å². The lowest BCUT2D eigenvalue weighted by Gasteiger charge is -2.08. The van der Waals surface area contributed by atoms with Crippen LogP contribution in [0.3, 0.4) is 0 Å². The number of aryl methyl sites for hydroxylation is 1. The number of anilines is 3. The number of nitrogens with zero attached hydrogens (tertiary/aromatic N) is 9. The maximum Gasteiger partial charge on any atom is 0.229 e. The summed E-state index contributed by atoms with van der Waals surface area (Å²) < 4.78 is 52.0. The second-order valence-corrected chi connectivity index (χ2v) is 19.1. The van der Waals surface area contributed by atoms with Crippen LogP contribution >= 0.6 is 0 Å². The first kappa shape index (κ1) is 43.4. The van der Waals surface area contributed by atoms with Crippen LogP contribution in [0.5, 0.6) is 0 Å². The predicted octanol–water partition coefficient (Wildman–Crippen LogP) is 7.23. The minimum Gasteiger partial charge on any atom is -0.324 e. The molecule has 0 saturated carbocycles. The van der Waals surface area contributed by atoms with Gasteiger partial charge in [-0.25, -0.2) is 31.5 Å². The largest absolute Gasteiger partial charge is 0.324 e. The summed E-state index contributed by atoms with van der Waals surface area (Å²) in [5, 5.41) is 25.2. The molecule has 0 fully saturated rings. The highest BCUT2D eigenvalue weighted by Gasteiger charge is 2.15. The zero-order chi connectivity index (χ0) is 43.9. The third kappa shape index (κ3) is 11.0. The SMILES string of the molecule is C=C(CCCCCCCC1C=CC(Nc2ncc3ccn(-c4ccc(S(C)(=O)=O)cc4)c3n2)=C1)NO.Cn1cc(Nc2ncc3cnn(-c4ccc(S(C)(=O)=O)cc4)c3n2)cn1. The summed E-state index contributed by atoms with van der Waals surface area (Å²) in [7, 11) is -4.66. The molecule has 5 aromatic heterocycles. The minimum absolute atomic E-state index is 0.256. The standard InChI is InChI=1S/C27H33N5O3S.C16H15N7O2S/c1-20(31-33)8-6-4-3-5-7-9-21-10-11-23(18-21)29-27-28-19-22-16-17-32(26(22)30-27)24-12-14-25(15-13-24)36(2,34)35;1-22-10-12(9-18-22)20-16-17-7-11-8-19-23(15(11)21-16)13-3-5-14(6-4-13)26(2,24)25/h10-19,21,31,33H,1,3-9H2,2H3,(H,28,29,30);3-10H,1-2H3,(H,17,20,21). The Balaban J connectivity index is 0.000000196. The molecule has 1 aliphatic carbocycles. The lowest BCUT2D eigenvalue weighted by Crippen LogP contribution is -2.04. The van der Waals surface area contributed by atoms with E-state index in [2.05, 4.69) is 66.1 Å². The number of aromatic nitrogens is 9. The number of benzene rings is 2. The van der Waals surface area contributed by atoms with Gasteiger partial charge in [-0.05, 0) is 85.9 Å². The van der Waals surface area contributed by atoms with Gasteiger partial charge in [0.1, 0.15) is 5.65 Å². The summed E-state index contributed by atoms with van der Waals surface area (Å²) in [6, 6.07) is 15.2. The van der Waals surface area contributed by atoms with E-state index in [0.717, 1.165) is 59.2 Å². The fourth-order valence-electron chi connectivity index (χ4n) is 6.82. The van der Waals surface area contributed by atoms with Crippen molar-refractivity contribution in [1.82, 2.24) is 49.5 Å². The summed E-state index contributed by atoms with van der Waals surface area (Å²) >= 11 is 0. The Bertz CT molecular complexity index is 2970. The monoisotopic (exact) mass is 876 g/mol. The molecule has 0 spiro atoms. The summed E-state index contributed by atoms with van der Waals surface area (Å²) in [6.07, 6.45) is 27.1. The van der Waals surface area contributed by atoms with Crippen molar-refractivity contribution < 1.29 is 22.0 Å². The van der Waals surface area contributed by atoms with Crippen molar-refractivity contribution in [2.24, 2.45) is 13.0 Å². The number of sulfone groups is 2. The van der Waals surface area contributed by atoms with Gasteiger partial charge < -0.3 is 15.2 Å². The minimum atomic E-state index is -3.24. The molecule has 4 N–H and O–H groups in total. The van der Waals surface area contributed by atoms with Crippen LogP contribution in [0.4, 0.5) is 17.6 Å². The van der Waals surface area contributed by atoms with Crippen LogP contribution in [0.2, 0.25) is 0 Å². The zero-order valence-electron chi connectivity index (χ0n) is 34.5. The Morgan fingerprint density at radius 3 is 2.03 bits per heavy atom. The number of fused-ring (bicyclic) bond motifs is 2. The van der Waals surface area contributed by atoms with Crippen LogP contribution in [0.1, 0.15) is 44.9 Å². The molecule has 0 radical (unpaired) electrons. The van der Waals surface area contributed by atoms with Crippen LogP contribution in [0.25, 0.3) is 33.4 Å². The quantitative estimate of drug-likeness (QED) is 0.0525. The zero-order valence-corrected chi connectivity index (χ0v) is 36.2. The van der Waals surface area contributed by atoms with Gasteiger partial charge in [-0.1, -0.05) is 44.4 Å². The molecule has 322 valence electrons. The number of rotatable bonds is 17. The third-order valence-corrected chi connectivity index (χ3v) is 12.4. The number of nitrogens with one attached hydrogen (secondary N) is 3. The Hall–Kier alpha value is -6.70. The molecule has 1 aliphatic rings. The molecular weight excluding hydrogens is 829 g/mol. The van der Waals surface area contributed by atoms with Gasteiger partial charge in [-0.2, -0.15) is 20.2 Å². The highest BCUT2D eigenvalue weighted by molar-refractivity contribution is 7.91. The van der Waals surface area contributed by atoms with E-state index in [1.54, 1.807) is 82.7 Å². The van der Waals surface area contributed by atoms with Gasteiger partial charge in [0, 0.05) is 66.8 Å². The number of hydrogen-bond donors (Lipinski definition) is 4. The van der Waals surface area contributed by atoms with Crippen LogP contribution in [-0.4, -0.2) is 78.6 Å². The second-order valence-electron chi connectivity index (χ2n) is 15.0. The molecule has 1 atom stereocenters. The average molecular weight is 877 g/mol. The molecule has 17 nitrogen and oxygen atoms in total. The van der Waals surface area contributed by atoms with Crippen LogP contribution in [-0.2, 0) is 26.7 Å². The molecular formula is C43H48N12O5S2. The van der Waals surface area contributed by atoms with E-state index in [9.17, 15) is 16.8 Å². The first-order valence-electron chi connectivity index (χ1n) is 19.9. The Kier molecular flexibility index (Phi) is 13.2. The van der Waals surface area contributed by atoms with Crippen molar-refractivity contribution in [2.45, 2.75) is 54.7 Å². The lowest BCUT2D eigenvalue weighted by molar-refractivity contribution is 0.196. The average Bonchev–Trinajstić information content (AvgIpc) is 4.07. The van der Waals surface area contributed by atoms with E-state index in [0.29, 0.717) is 34.8 Å². The molecule has 62 heavy (non-hydrogen) atoms. The highest BCUT2D eigenvalue weighted by Crippen LogP contribution is 2.26. The first-order valence-corrected chi connectivity index (χ1v) is 23.7. The van der Waals surface area contributed by atoms with E-state index in [-0.39, 0.29) is 9.79 Å². The van der Waals surface area contributed by atoms with Crippen molar-refractivity contribution in [2.75, 3.05) is 23.1 Å². The van der Waals surface area contributed by atoms with Crippen LogP contribution in [0, 0.1) is 5.92 Å². The van der Waals surface area contributed by atoms with E-state index in [1.165, 1.54) is 31.8 Å². The number of hydrogen-bond acceptors (Lipinski definition) is 14. The molecule has 1 unspecified atom stereocenters. The molecule has 0 bridgehead atoms. The van der Waals surface area contributed by atoms with E-state index in [1.807, 2.05) is 30.1 Å². The van der Waals surface area contributed by atoms with Gasteiger partial charge in [0.25, 0.3) is 0 Å². The summed E-state index contributed by atoms with van der Waals surface area (Å²) in [5.41, 5.74) is 7.44. The maximum atomic E-state index is 11.8. The molecule has 7 aromatic rings. The van der Waals surface area contributed by atoms with Gasteiger partial charge in [-0.3, -0.25) is 15.4 Å². The number of unbranched alkanes of at least 4 members (excludes halogenated alkanes) is 4. The first-order chi connectivity index (χ1) is 29.7. The van der Waals surface area contributed by atoms with Crippen LogP contribution in [0.15, 0.2) is 138 Å². The van der Waals surface area contributed by atoms with E-state index >= 15 is 0 Å². The van der Waals surface area contributed by atoms with Crippen molar-refractivity contribution >= 4 is 59.3 Å². The van der Waals surface area contributed by atoms with Crippen molar-refractivity contribution in [1.29, 1.82) is 0 Å². The number of hydroxylamine groups is 1. The molecule has 19 heteroatoms. The highest BCUT2D eigenvalue weighted by atomic mass is 32.2. The molecule has 0 amide bonds. The van der Waals surface area contributed by atoms with Gasteiger partial charge in [0.05, 0.1) is 38.9 Å². The molecule has 0 saturated heterocycles. The topological polar surface area (TPSA) is 217 Å². The van der Waals surface area contributed by atoms with Gasteiger partial charge in [0.2, 0.25) is 11.9 Å². The fourth-order valence-corrected chi connectivity index (χ4v) is 8.08. The summed E-state index contributed by atoms with van der Waals surface area (Å²) in [6.45, 7) is 3.73. The smallest absolute Gasteiger partial charge is 0.229 e. The van der Waals surface area contributed by atoms with Gasteiger partial charge in [-0.15, -0.1) is 0 Å². The Morgan fingerprint density at radius 1 is 0.742 bits per heavy atom. The lowest BCUT2D eigenvalue weighted by atomic mass is 10.0. The maximum absolute atomic E-state index is 11.8. The summed E-state index contributed by atoms with van der Waals surface area (Å²) in [5.74, 6) is 1.34. The second kappa shape index (κ2) is 18.9. The molecule has 5 heterocycles. The van der Waals surface area contributed by atoms with Crippen molar-refractivity contribution in [3.63, 3.8) is 0 Å². The van der Waals surface area contributed by atoms with E-state index in [4.69, 9.17) is 10.2 Å². The molecule has 8 rings (SSSR count). The van der Waals surface area contributed by atoms with E-state index < -0.39 is 19.7 Å². The summed E-state index contributed by atoms with van der Waals surface area (Å²) in [4.78, 5) is 18.5. The number of allylic oxidation sites excluding steroid dienone is 4. The van der Waals surface area contributed by atoms with Crippen molar-refractivity contribution in [3.8, 4) is 11.4 Å². The molecule has 2 aromatic carbocycles. The normalized spacial score (nSPS) is 13.8. The predicted molar refractivity (Wildman–Crippen MR) is 239 cm³/mol.